The molecule has 0 bridgehead atoms. The number of aryl methyl sites for hydroxylation is 1. The highest BCUT2D eigenvalue weighted by atomic mass is 16.5. The molecule has 2 amide bonds. The zero-order valence-electron chi connectivity index (χ0n) is 20.7. The van der Waals surface area contributed by atoms with Crippen molar-refractivity contribution in [2.24, 2.45) is 5.10 Å². The van der Waals surface area contributed by atoms with Crippen molar-refractivity contribution in [3.05, 3.63) is 83.4 Å². The third kappa shape index (κ3) is 8.16. The van der Waals surface area contributed by atoms with Crippen molar-refractivity contribution in [2.75, 3.05) is 25.1 Å². The second kappa shape index (κ2) is 13.5. The molecule has 0 saturated heterocycles. The average Bonchev–Trinajstić information content (AvgIpc) is 2.87. The maximum Gasteiger partial charge on any atom is 0.271 e. The van der Waals surface area contributed by atoms with Crippen molar-refractivity contribution in [1.29, 1.82) is 0 Å². The molecule has 0 aromatic heterocycles. The number of ether oxygens (including phenoxy) is 3. The minimum absolute atomic E-state index is 0.134. The number of hydrogen-bond donors (Lipinski definition) is 2. The van der Waals surface area contributed by atoms with Crippen LogP contribution in [0.15, 0.2) is 71.8 Å². The van der Waals surface area contributed by atoms with E-state index in [9.17, 15) is 9.59 Å². The van der Waals surface area contributed by atoms with Crippen molar-refractivity contribution in [2.45, 2.75) is 27.2 Å². The van der Waals surface area contributed by atoms with Crippen LogP contribution in [-0.2, 0) is 4.79 Å². The van der Waals surface area contributed by atoms with Crippen LogP contribution < -0.4 is 25.0 Å². The van der Waals surface area contributed by atoms with Crippen molar-refractivity contribution in [1.82, 2.24) is 5.43 Å². The molecule has 0 atom stereocenters. The maximum atomic E-state index is 12.5. The number of benzene rings is 3. The molecule has 0 aliphatic rings. The van der Waals surface area contributed by atoms with Gasteiger partial charge < -0.3 is 19.5 Å². The van der Waals surface area contributed by atoms with Crippen LogP contribution in [0.5, 0.6) is 17.2 Å². The largest absolute Gasteiger partial charge is 0.490 e. The molecule has 0 unspecified atom stereocenters. The lowest BCUT2D eigenvalue weighted by molar-refractivity contribution is -0.118. The Labute approximate surface area is 211 Å². The molecule has 0 heterocycles. The number of carbonyl (C=O) groups is 2. The summed E-state index contributed by atoms with van der Waals surface area (Å²) >= 11 is 0. The second-order valence-electron chi connectivity index (χ2n) is 7.92. The van der Waals surface area contributed by atoms with E-state index < -0.39 is 0 Å². The summed E-state index contributed by atoms with van der Waals surface area (Å²) in [6.07, 6.45) is 2.37. The van der Waals surface area contributed by atoms with Crippen molar-refractivity contribution < 1.29 is 23.8 Å². The van der Waals surface area contributed by atoms with Crippen LogP contribution in [0.2, 0.25) is 0 Å². The van der Waals surface area contributed by atoms with Gasteiger partial charge in [0.1, 0.15) is 5.75 Å². The quantitative estimate of drug-likeness (QED) is 0.277. The first-order valence-corrected chi connectivity index (χ1v) is 11.8. The van der Waals surface area contributed by atoms with Crippen LogP contribution in [0.25, 0.3) is 0 Å². The fourth-order valence-corrected chi connectivity index (χ4v) is 3.23. The molecular formula is C28H31N3O5. The van der Waals surface area contributed by atoms with Gasteiger partial charge in [-0.2, -0.15) is 5.10 Å². The van der Waals surface area contributed by atoms with Gasteiger partial charge in [-0.05, 0) is 73.9 Å². The van der Waals surface area contributed by atoms with Gasteiger partial charge in [0.05, 0.1) is 19.4 Å². The Morgan fingerprint density at radius 2 is 1.75 bits per heavy atom. The maximum absolute atomic E-state index is 12.5. The molecule has 36 heavy (non-hydrogen) atoms. The fraction of sp³-hybridized carbons (Fsp3) is 0.250. The first-order chi connectivity index (χ1) is 17.5. The van der Waals surface area contributed by atoms with E-state index in [0.717, 1.165) is 17.7 Å². The van der Waals surface area contributed by atoms with Crippen LogP contribution in [0.3, 0.4) is 0 Å². The number of rotatable bonds is 12. The molecule has 3 aromatic carbocycles. The molecule has 0 spiro atoms. The smallest absolute Gasteiger partial charge is 0.271 e. The summed E-state index contributed by atoms with van der Waals surface area (Å²) in [5, 5.41) is 6.84. The van der Waals surface area contributed by atoms with E-state index in [-0.39, 0.29) is 18.4 Å². The number of amides is 2. The number of anilines is 1. The van der Waals surface area contributed by atoms with Gasteiger partial charge in [-0.15, -0.1) is 0 Å². The third-order valence-corrected chi connectivity index (χ3v) is 4.88. The predicted molar refractivity (Wildman–Crippen MR) is 140 cm³/mol. The minimum Gasteiger partial charge on any atom is -0.490 e. The van der Waals surface area contributed by atoms with E-state index in [4.69, 9.17) is 14.2 Å². The lowest BCUT2D eigenvalue weighted by Crippen LogP contribution is -2.20. The predicted octanol–water partition coefficient (Wildman–Crippen LogP) is 4.96. The van der Waals surface area contributed by atoms with E-state index in [0.29, 0.717) is 41.6 Å². The van der Waals surface area contributed by atoms with E-state index in [1.54, 1.807) is 36.4 Å². The lowest BCUT2D eigenvalue weighted by atomic mass is 10.2. The monoisotopic (exact) mass is 489 g/mol. The topological polar surface area (TPSA) is 98.3 Å². The molecule has 188 valence electrons. The van der Waals surface area contributed by atoms with Gasteiger partial charge in [-0.1, -0.05) is 31.2 Å². The van der Waals surface area contributed by atoms with Crippen LogP contribution in [0.4, 0.5) is 5.69 Å². The molecule has 0 fully saturated rings. The normalized spacial score (nSPS) is 10.6. The second-order valence-corrected chi connectivity index (χ2v) is 7.92. The lowest BCUT2D eigenvalue weighted by Gasteiger charge is -2.12. The number of hydrogen-bond acceptors (Lipinski definition) is 6. The first-order valence-electron chi connectivity index (χ1n) is 11.8. The standard InChI is InChI=1S/C28H31N3O5/c1-4-14-35-25-13-12-22(17-26(25)34-5-2)28(33)31-29-18-21-9-7-11-24(16-21)36-19-27(32)30-23-10-6-8-20(3)15-23/h6-13,15-18H,4-5,14,19H2,1-3H3,(H,30,32)(H,31,33)/b29-18+. The van der Waals surface area contributed by atoms with E-state index >= 15 is 0 Å². The Morgan fingerprint density at radius 1 is 0.917 bits per heavy atom. The Balaban J connectivity index is 1.54. The molecule has 8 heteroatoms. The van der Waals surface area contributed by atoms with Crippen LogP contribution in [0, 0.1) is 6.92 Å². The summed E-state index contributed by atoms with van der Waals surface area (Å²) < 4.78 is 16.9. The van der Waals surface area contributed by atoms with Gasteiger partial charge in [0, 0.05) is 11.3 Å². The van der Waals surface area contributed by atoms with Gasteiger partial charge in [-0.25, -0.2) is 5.43 Å². The highest BCUT2D eigenvalue weighted by Gasteiger charge is 2.11. The Morgan fingerprint density at radius 3 is 2.53 bits per heavy atom. The third-order valence-electron chi connectivity index (χ3n) is 4.88. The zero-order valence-corrected chi connectivity index (χ0v) is 20.7. The highest BCUT2D eigenvalue weighted by Crippen LogP contribution is 2.28. The highest BCUT2D eigenvalue weighted by molar-refractivity contribution is 5.95. The molecule has 2 N–H and O–H groups in total. The molecule has 0 saturated carbocycles. The van der Waals surface area contributed by atoms with Gasteiger partial charge >= 0.3 is 0 Å². The van der Waals surface area contributed by atoms with Gasteiger partial charge in [0.2, 0.25) is 0 Å². The van der Waals surface area contributed by atoms with Crippen LogP contribution >= 0.6 is 0 Å². The summed E-state index contributed by atoms with van der Waals surface area (Å²) in [6, 6.07) is 19.6. The van der Waals surface area contributed by atoms with Crippen molar-refractivity contribution in [3.63, 3.8) is 0 Å². The summed E-state index contributed by atoms with van der Waals surface area (Å²) in [4.78, 5) is 24.7. The Bertz CT molecular complexity index is 1210. The van der Waals surface area contributed by atoms with Crippen molar-refractivity contribution >= 4 is 23.7 Å². The number of nitrogens with zero attached hydrogens (tertiary/aromatic N) is 1. The molecule has 8 nitrogen and oxygen atoms in total. The van der Waals surface area contributed by atoms with Crippen LogP contribution in [-0.4, -0.2) is 37.8 Å². The van der Waals surface area contributed by atoms with Gasteiger partial charge in [0.15, 0.2) is 18.1 Å². The number of nitrogens with one attached hydrogen (secondary N) is 2. The van der Waals surface area contributed by atoms with Crippen LogP contribution in [0.1, 0.15) is 41.8 Å². The minimum atomic E-state index is -0.380. The summed E-state index contributed by atoms with van der Waals surface area (Å²) in [6.45, 7) is 6.73. The zero-order chi connectivity index (χ0) is 25.8. The number of hydrazone groups is 1. The van der Waals surface area contributed by atoms with Crippen molar-refractivity contribution in [3.8, 4) is 17.2 Å². The first kappa shape index (κ1) is 26.3. The molecule has 0 aliphatic carbocycles. The average molecular weight is 490 g/mol. The Kier molecular flexibility index (Phi) is 9.88. The van der Waals surface area contributed by atoms with Gasteiger partial charge in [-0.3, -0.25) is 9.59 Å². The van der Waals surface area contributed by atoms with E-state index in [1.165, 1.54) is 6.21 Å². The molecule has 3 aromatic rings. The van der Waals surface area contributed by atoms with E-state index in [1.807, 2.05) is 51.1 Å². The molecule has 0 radical (unpaired) electrons. The summed E-state index contributed by atoms with van der Waals surface area (Å²) in [7, 11) is 0. The summed E-state index contributed by atoms with van der Waals surface area (Å²) in [5.41, 5.74) is 5.38. The SMILES string of the molecule is CCCOc1ccc(C(=O)N/N=C/c2cccc(OCC(=O)Nc3cccc(C)c3)c2)cc1OCC. The molecular weight excluding hydrogens is 458 g/mol. The molecule has 0 aliphatic heterocycles. The number of carbonyl (C=O) groups excluding carboxylic acids is 2. The fourth-order valence-electron chi connectivity index (χ4n) is 3.23. The molecule has 3 rings (SSSR count). The van der Waals surface area contributed by atoms with E-state index in [2.05, 4.69) is 15.8 Å². The summed E-state index contributed by atoms with van der Waals surface area (Å²) in [5.74, 6) is 0.981. The Hall–Kier alpha value is -4.33. The van der Waals surface area contributed by atoms with Gasteiger partial charge in [0.25, 0.3) is 11.8 Å².